The molecule has 1 aromatic heterocycles. The molecule has 0 saturated carbocycles. The Labute approximate surface area is 143 Å². The van der Waals surface area contributed by atoms with E-state index in [-0.39, 0.29) is 26.9 Å². The van der Waals surface area contributed by atoms with E-state index in [1.165, 1.54) is 7.11 Å². The van der Waals surface area contributed by atoms with E-state index in [4.69, 9.17) is 32.7 Å². The van der Waals surface area contributed by atoms with Gasteiger partial charge >= 0.3 is 5.97 Å². The number of nitrogens with zero attached hydrogens (tertiary/aromatic N) is 1. The normalized spacial score (nSPS) is 12.3. The fourth-order valence-corrected chi connectivity index (χ4v) is 2.58. The largest absolute Gasteiger partial charge is 0.447 e. The Bertz CT molecular complexity index is 522. The summed E-state index contributed by atoms with van der Waals surface area (Å²) in [7, 11) is 1.53. The molecule has 0 aromatic carbocycles. The lowest BCUT2D eigenvalue weighted by Gasteiger charge is -2.18. The molecule has 0 spiro atoms. The highest BCUT2D eigenvalue weighted by Gasteiger charge is 2.27. The smallest absolute Gasteiger partial charge is 0.360 e. The van der Waals surface area contributed by atoms with Crippen molar-refractivity contribution in [3.8, 4) is 0 Å². The first kappa shape index (κ1) is 19.2. The molecule has 0 saturated heterocycles. The second-order valence-corrected chi connectivity index (χ2v) is 6.68. The van der Waals surface area contributed by atoms with Gasteiger partial charge in [0.1, 0.15) is 9.36 Å². The fraction of sp³-hybridized carbons (Fsp3) is 0.615. The fourth-order valence-electron chi connectivity index (χ4n) is 1.60. The molecule has 124 valence electrons. The molecule has 6 nitrogen and oxygen atoms in total. The lowest BCUT2D eigenvalue weighted by atomic mass is 10.1. The van der Waals surface area contributed by atoms with Crippen LogP contribution in [-0.4, -0.2) is 42.6 Å². The SMILES string of the molecule is COCCNC(=O)[C@@H](CC(C)C)OC(=O)c1nsc(Cl)c1Cl. The summed E-state index contributed by atoms with van der Waals surface area (Å²) >= 11 is 12.5. The van der Waals surface area contributed by atoms with Gasteiger partial charge in [0.05, 0.1) is 6.61 Å². The molecule has 1 amide bonds. The molecular weight excluding hydrogens is 351 g/mol. The average molecular weight is 369 g/mol. The molecule has 0 radical (unpaired) electrons. The van der Waals surface area contributed by atoms with Crippen LogP contribution in [0.15, 0.2) is 0 Å². The Morgan fingerprint density at radius 2 is 2.05 bits per heavy atom. The first-order valence-corrected chi connectivity index (χ1v) is 8.18. The van der Waals surface area contributed by atoms with Crippen molar-refractivity contribution >= 4 is 46.6 Å². The third kappa shape index (κ3) is 5.72. The third-order valence-electron chi connectivity index (χ3n) is 2.62. The number of methoxy groups -OCH3 is 1. The van der Waals surface area contributed by atoms with Crippen molar-refractivity contribution in [2.45, 2.75) is 26.4 Å². The highest BCUT2D eigenvalue weighted by molar-refractivity contribution is 7.11. The second kappa shape index (κ2) is 9.29. The van der Waals surface area contributed by atoms with E-state index in [1.807, 2.05) is 13.8 Å². The number of rotatable bonds is 8. The van der Waals surface area contributed by atoms with Crippen molar-refractivity contribution in [2.75, 3.05) is 20.3 Å². The quantitative estimate of drug-likeness (QED) is 0.563. The van der Waals surface area contributed by atoms with Crippen LogP contribution in [0, 0.1) is 5.92 Å². The predicted octanol–water partition coefficient (Wildman–Crippen LogP) is 2.78. The van der Waals surface area contributed by atoms with E-state index in [0.29, 0.717) is 19.6 Å². The minimum absolute atomic E-state index is 0.0414. The molecule has 0 bridgehead atoms. The Balaban J connectivity index is 2.73. The summed E-state index contributed by atoms with van der Waals surface area (Å²) < 4.78 is 14.1. The van der Waals surface area contributed by atoms with Crippen LogP contribution in [0.25, 0.3) is 0 Å². The van der Waals surface area contributed by atoms with Crippen LogP contribution in [0.3, 0.4) is 0 Å². The lowest BCUT2D eigenvalue weighted by molar-refractivity contribution is -0.131. The van der Waals surface area contributed by atoms with Gasteiger partial charge in [-0.25, -0.2) is 4.79 Å². The zero-order valence-electron chi connectivity index (χ0n) is 12.5. The van der Waals surface area contributed by atoms with Gasteiger partial charge in [0, 0.05) is 13.7 Å². The summed E-state index contributed by atoms with van der Waals surface area (Å²) in [5.74, 6) is -0.974. The van der Waals surface area contributed by atoms with Gasteiger partial charge in [0.25, 0.3) is 5.91 Å². The zero-order chi connectivity index (χ0) is 16.7. The number of halogens is 2. The molecule has 0 aliphatic rings. The van der Waals surface area contributed by atoms with Crippen molar-refractivity contribution in [1.29, 1.82) is 0 Å². The summed E-state index contributed by atoms with van der Waals surface area (Å²) in [6, 6.07) is 0. The van der Waals surface area contributed by atoms with Crippen molar-refractivity contribution < 1.29 is 19.1 Å². The summed E-state index contributed by atoms with van der Waals surface area (Å²) in [6.07, 6.45) is -0.527. The highest BCUT2D eigenvalue weighted by atomic mass is 35.5. The number of hydrogen-bond acceptors (Lipinski definition) is 6. The maximum absolute atomic E-state index is 12.1. The van der Waals surface area contributed by atoms with E-state index >= 15 is 0 Å². The monoisotopic (exact) mass is 368 g/mol. The number of nitrogens with one attached hydrogen (secondary N) is 1. The number of carbonyl (C=O) groups is 2. The van der Waals surface area contributed by atoms with E-state index in [9.17, 15) is 9.59 Å². The van der Waals surface area contributed by atoms with Crippen LogP contribution < -0.4 is 5.32 Å². The topological polar surface area (TPSA) is 77.5 Å². The molecular formula is C13H18Cl2N2O4S. The number of carbonyl (C=O) groups excluding carboxylic acids is 2. The highest BCUT2D eigenvalue weighted by Crippen LogP contribution is 2.30. The molecule has 22 heavy (non-hydrogen) atoms. The van der Waals surface area contributed by atoms with Crippen LogP contribution in [-0.2, 0) is 14.3 Å². The van der Waals surface area contributed by atoms with E-state index < -0.39 is 12.1 Å². The van der Waals surface area contributed by atoms with Crippen molar-refractivity contribution in [3.05, 3.63) is 15.1 Å². The standard InChI is InChI=1S/C13H18Cl2N2O4S/c1-7(2)6-8(12(18)16-4-5-20-3)21-13(19)10-9(14)11(15)22-17-10/h7-8H,4-6H2,1-3H3,(H,16,18)/t8-/m1/s1. The van der Waals surface area contributed by atoms with Gasteiger partial charge in [-0.3, -0.25) is 4.79 Å². The number of hydrogen-bond donors (Lipinski definition) is 1. The first-order valence-electron chi connectivity index (χ1n) is 6.65. The molecule has 1 heterocycles. The van der Waals surface area contributed by atoms with Crippen molar-refractivity contribution in [3.63, 3.8) is 0 Å². The molecule has 0 aliphatic carbocycles. The number of amides is 1. The molecule has 9 heteroatoms. The van der Waals surface area contributed by atoms with E-state index in [2.05, 4.69) is 9.69 Å². The number of aromatic nitrogens is 1. The molecule has 0 fully saturated rings. The molecule has 0 unspecified atom stereocenters. The molecule has 1 atom stereocenters. The minimum Gasteiger partial charge on any atom is -0.447 e. The predicted molar refractivity (Wildman–Crippen MR) is 85.7 cm³/mol. The summed E-state index contributed by atoms with van der Waals surface area (Å²) in [6.45, 7) is 4.57. The van der Waals surface area contributed by atoms with Gasteiger partial charge in [-0.2, -0.15) is 4.37 Å². The van der Waals surface area contributed by atoms with Gasteiger partial charge < -0.3 is 14.8 Å². The maximum atomic E-state index is 12.1. The average Bonchev–Trinajstić information content (AvgIpc) is 2.78. The Morgan fingerprint density at radius 3 is 2.55 bits per heavy atom. The Morgan fingerprint density at radius 1 is 1.36 bits per heavy atom. The van der Waals surface area contributed by atoms with E-state index in [0.717, 1.165) is 11.5 Å². The summed E-state index contributed by atoms with van der Waals surface area (Å²) in [5.41, 5.74) is -0.0740. The van der Waals surface area contributed by atoms with Crippen LogP contribution in [0.4, 0.5) is 0 Å². The van der Waals surface area contributed by atoms with Crippen LogP contribution in [0.2, 0.25) is 9.36 Å². The maximum Gasteiger partial charge on any atom is 0.360 e. The van der Waals surface area contributed by atoms with Gasteiger partial charge in [0.2, 0.25) is 0 Å². The summed E-state index contributed by atoms with van der Waals surface area (Å²) in [5, 5.41) is 2.69. The molecule has 1 aromatic rings. The van der Waals surface area contributed by atoms with Gasteiger partial charge in [-0.15, -0.1) is 0 Å². The van der Waals surface area contributed by atoms with Crippen molar-refractivity contribution in [1.82, 2.24) is 9.69 Å². The first-order chi connectivity index (χ1) is 10.4. The molecule has 1 N–H and O–H groups in total. The van der Waals surface area contributed by atoms with Gasteiger partial charge in [-0.1, -0.05) is 37.0 Å². The molecule has 0 aliphatic heterocycles. The zero-order valence-corrected chi connectivity index (χ0v) is 14.8. The number of esters is 1. The third-order valence-corrected chi connectivity index (χ3v) is 4.23. The number of ether oxygens (including phenoxy) is 2. The second-order valence-electron chi connectivity index (χ2n) is 4.93. The lowest BCUT2D eigenvalue weighted by Crippen LogP contribution is -2.40. The summed E-state index contributed by atoms with van der Waals surface area (Å²) in [4.78, 5) is 24.2. The minimum atomic E-state index is -0.916. The van der Waals surface area contributed by atoms with Crippen LogP contribution >= 0.6 is 34.7 Å². The Hall–Kier alpha value is -0.890. The van der Waals surface area contributed by atoms with Crippen molar-refractivity contribution in [2.24, 2.45) is 5.92 Å². The Kier molecular flexibility index (Phi) is 8.09. The van der Waals surface area contributed by atoms with Crippen LogP contribution in [0.1, 0.15) is 30.8 Å². The van der Waals surface area contributed by atoms with Crippen LogP contribution in [0.5, 0.6) is 0 Å². The molecule has 1 rings (SSSR count). The van der Waals surface area contributed by atoms with E-state index in [1.54, 1.807) is 0 Å². The van der Waals surface area contributed by atoms with Gasteiger partial charge in [0.15, 0.2) is 11.8 Å². The van der Waals surface area contributed by atoms with Gasteiger partial charge in [-0.05, 0) is 23.9 Å².